The van der Waals surface area contributed by atoms with Gasteiger partial charge < -0.3 is 31.3 Å². The third kappa shape index (κ3) is 9.51. The van der Waals surface area contributed by atoms with E-state index >= 15 is 0 Å². The molecule has 0 aliphatic carbocycles. The number of amides is 3. The lowest BCUT2D eigenvalue weighted by Crippen LogP contribution is -2.51. The number of hydrogen-bond donors (Lipinski definition) is 6. The van der Waals surface area contributed by atoms with E-state index in [1.807, 2.05) is 0 Å². The van der Waals surface area contributed by atoms with Crippen molar-refractivity contribution in [2.75, 3.05) is 6.54 Å². The van der Waals surface area contributed by atoms with Crippen LogP contribution in [0.4, 0.5) is 4.79 Å². The lowest BCUT2D eigenvalue weighted by molar-refractivity contribution is -0.140. The highest BCUT2D eigenvalue weighted by Gasteiger charge is 2.24. The fraction of sp³-hybridized carbons (Fsp3) is 0.500. The molecule has 1 aromatic heterocycles. The van der Waals surface area contributed by atoms with E-state index in [1.54, 1.807) is 6.92 Å². The van der Waals surface area contributed by atoms with Gasteiger partial charge in [0.2, 0.25) is 0 Å². The summed E-state index contributed by atoms with van der Waals surface area (Å²) in [5, 5.41) is 41.2. The van der Waals surface area contributed by atoms with E-state index in [4.69, 9.17) is 10.2 Å². The molecule has 0 aliphatic rings. The van der Waals surface area contributed by atoms with E-state index in [1.165, 1.54) is 12.3 Å². The van der Waals surface area contributed by atoms with Crippen molar-refractivity contribution < 1.29 is 39.3 Å². The Labute approximate surface area is 177 Å². The van der Waals surface area contributed by atoms with Gasteiger partial charge in [-0.15, -0.1) is 0 Å². The molecule has 0 saturated heterocycles. The summed E-state index contributed by atoms with van der Waals surface area (Å²) in [4.78, 5) is 57.0. The van der Waals surface area contributed by atoms with E-state index in [9.17, 15) is 29.1 Å². The molecule has 0 fully saturated rings. The number of hydrogen-bond acceptors (Lipinski definition) is 7. The van der Waals surface area contributed by atoms with Gasteiger partial charge in [0.1, 0.15) is 12.1 Å². The van der Waals surface area contributed by atoms with Crippen LogP contribution in [0.1, 0.15) is 48.2 Å². The van der Waals surface area contributed by atoms with Gasteiger partial charge in [0.15, 0.2) is 0 Å². The molecule has 0 bridgehead atoms. The molecule has 0 unspecified atom stereocenters. The van der Waals surface area contributed by atoms with Crippen molar-refractivity contribution in [3.63, 3.8) is 0 Å². The van der Waals surface area contributed by atoms with Crippen molar-refractivity contribution in [2.45, 2.75) is 51.1 Å². The van der Waals surface area contributed by atoms with Crippen LogP contribution in [0.3, 0.4) is 0 Å². The van der Waals surface area contributed by atoms with Crippen LogP contribution in [-0.4, -0.2) is 74.0 Å². The number of carbonyl (C=O) groups excluding carboxylic acids is 2. The average Bonchev–Trinajstić information content (AvgIpc) is 2.69. The van der Waals surface area contributed by atoms with Crippen molar-refractivity contribution in [3.05, 3.63) is 23.5 Å². The van der Waals surface area contributed by atoms with E-state index in [2.05, 4.69) is 26.1 Å². The number of carbonyl (C=O) groups is 5. The number of rotatable bonds is 13. The van der Waals surface area contributed by atoms with Crippen LogP contribution >= 0.6 is 0 Å². The maximum Gasteiger partial charge on any atom is 0.326 e. The van der Waals surface area contributed by atoms with Gasteiger partial charge >= 0.3 is 23.9 Å². The van der Waals surface area contributed by atoms with Gasteiger partial charge in [0.25, 0.3) is 5.91 Å². The normalized spacial score (nSPS) is 12.3. The quantitative estimate of drug-likeness (QED) is 0.222. The molecule has 0 radical (unpaired) electrons. The number of aryl methyl sites for hydroxylation is 1. The predicted octanol–water partition coefficient (Wildman–Crippen LogP) is -0.244. The molecular weight excluding hydrogens is 414 g/mol. The van der Waals surface area contributed by atoms with Crippen molar-refractivity contribution in [3.8, 4) is 0 Å². The maximum atomic E-state index is 12.0. The summed E-state index contributed by atoms with van der Waals surface area (Å²) in [6.07, 6.45) is 1.41. The van der Waals surface area contributed by atoms with E-state index in [0.29, 0.717) is 24.1 Å². The number of carboxylic acid groups (broad SMARTS) is 3. The molecule has 31 heavy (non-hydrogen) atoms. The third-order valence-electron chi connectivity index (χ3n) is 4.21. The monoisotopic (exact) mass is 439 g/mol. The van der Waals surface area contributed by atoms with Crippen molar-refractivity contribution in [1.29, 1.82) is 0 Å². The first-order valence-electron chi connectivity index (χ1n) is 9.42. The van der Waals surface area contributed by atoms with Gasteiger partial charge in [-0.3, -0.25) is 9.59 Å². The Morgan fingerprint density at radius 1 is 0.968 bits per heavy atom. The molecule has 13 heteroatoms. The number of urea groups is 1. The summed E-state index contributed by atoms with van der Waals surface area (Å²) in [5.74, 6) is -4.30. The SMILES string of the molecule is Cc1nnccc1C(=O)NCCCC[C@H](NC(=O)N[C@@H](CCC(=O)O)C(=O)O)C(=O)O. The smallest absolute Gasteiger partial charge is 0.326 e. The second-order valence-corrected chi connectivity index (χ2v) is 6.61. The summed E-state index contributed by atoms with van der Waals surface area (Å²) in [6.45, 7) is 1.92. The molecule has 0 aliphatic heterocycles. The molecule has 1 heterocycles. The largest absolute Gasteiger partial charge is 0.481 e. The van der Waals surface area contributed by atoms with Crippen molar-refractivity contribution in [2.24, 2.45) is 0 Å². The minimum atomic E-state index is -1.47. The minimum absolute atomic E-state index is 0.0430. The van der Waals surface area contributed by atoms with Crippen molar-refractivity contribution in [1.82, 2.24) is 26.1 Å². The standard InChI is InChI=1S/C18H25N5O8/c1-10-11(7-9-20-23-10)15(26)19-8-3-2-4-12(16(27)28)21-18(31)22-13(17(29)30)5-6-14(24)25/h7,9,12-13H,2-6,8H2,1H3,(H,19,26)(H,24,25)(H,27,28)(H,29,30)(H2,21,22,31)/t12-,13-/m0/s1. The minimum Gasteiger partial charge on any atom is -0.481 e. The van der Waals surface area contributed by atoms with Gasteiger partial charge in [-0.25, -0.2) is 14.4 Å². The number of aliphatic carboxylic acids is 3. The molecule has 0 aromatic carbocycles. The van der Waals surface area contributed by atoms with E-state index in [0.717, 1.165) is 0 Å². The zero-order valence-electron chi connectivity index (χ0n) is 16.8. The highest BCUT2D eigenvalue weighted by atomic mass is 16.4. The third-order valence-corrected chi connectivity index (χ3v) is 4.21. The number of nitrogens with zero attached hydrogens (tertiary/aromatic N) is 2. The van der Waals surface area contributed by atoms with Gasteiger partial charge in [-0.2, -0.15) is 10.2 Å². The van der Waals surface area contributed by atoms with Crippen LogP contribution in [0, 0.1) is 6.92 Å². The Balaban J connectivity index is 2.43. The Hall–Kier alpha value is -3.77. The van der Waals surface area contributed by atoms with Gasteiger partial charge in [0.05, 0.1) is 17.5 Å². The van der Waals surface area contributed by atoms with Gasteiger partial charge in [0, 0.05) is 13.0 Å². The lowest BCUT2D eigenvalue weighted by atomic mass is 10.1. The molecular formula is C18H25N5O8. The van der Waals surface area contributed by atoms with Crippen LogP contribution in [0.25, 0.3) is 0 Å². The Bertz CT molecular complexity index is 816. The van der Waals surface area contributed by atoms with Crippen LogP contribution in [0.5, 0.6) is 0 Å². The molecule has 3 amide bonds. The Morgan fingerprint density at radius 3 is 2.13 bits per heavy atom. The molecule has 2 atom stereocenters. The van der Waals surface area contributed by atoms with Crippen LogP contribution in [0.15, 0.2) is 12.3 Å². The molecule has 1 aromatic rings. The topological polar surface area (TPSA) is 208 Å². The predicted molar refractivity (Wildman–Crippen MR) is 104 cm³/mol. The number of nitrogens with one attached hydrogen (secondary N) is 3. The summed E-state index contributed by atoms with van der Waals surface area (Å²) in [5.41, 5.74) is 0.858. The fourth-order valence-corrected chi connectivity index (χ4v) is 2.55. The fourth-order valence-electron chi connectivity index (χ4n) is 2.55. The first kappa shape index (κ1) is 25.3. The maximum absolute atomic E-state index is 12.0. The second kappa shape index (κ2) is 12.7. The summed E-state index contributed by atoms with van der Waals surface area (Å²) < 4.78 is 0. The first-order chi connectivity index (χ1) is 14.6. The van der Waals surface area contributed by atoms with Crippen molar-refractivity contribution >= 4 is 29.8 Å². The number of unbranched alkanes of at least 4 members (excludes halogenated alkanes) is 1. The van der Waals surface area contributed by atoms with Crippen LogP contribution in [-0.2, 0) is 14.4 Å². The van der Waals surface area contributed by atoms with Gasteiger partial charge in [-0.1, -0.05) is 0 Å². The highest BCUT2D eigenvalue weighted by Crippen LogP contribution is 2.04. The zero-order valence-corrected chi connectivity index (χ0v) is 16.8. The lowest BCUT2D eigenvalue weighted by Gasteiger charge is -2.18. The Kier molecular flexibility index (Phi) is 10.4. The van der Waals surface area contributed by atoms with Crippen LogP contribution < -0.4 is 16.0 Å². The molecule has 1 rings (SSSR count). The van der Waals surface area contributed by atoms with Gasteiger partial charge in [-0.05, 0) is 38.7 Å². The molecule has 6 N–H and O–H groups in total. The number of carboxylic acids is 3. The highest BCUT2D eigenvalue weighted by molar-refractivity contribution is 5.95. The zero-order chi connectivity index (χ0) is 23.4. The Morgan fingerprint density at radius 2 is 1.58 bits per heavy atom. The summed E-state index contributed by atoms with van der Waals surface area (Å²) >= 11 is 0. The van der Waals surface area contributed by atoms with Crippen LogP contribution in [0.2, 0.25) is 0 Å². The molecule has 13 nitrogen and oxygen atoms in total. The first-order valence-corrected chi connectivity index (χ1v) is 9.42. The van der Waals surface area contributed by atoms with E-state index in [-0.39, 0.29) is 25.3 Å². The summed E-state index contributed by atoms with van der Waals surface area (Å²) in [6, 6.07) is -2.25. The van der Waals surface area contributed by atoms with E-state index < -0.39 is 42.4 Å². The second-order valence-electron chi connectivity index (χ2n) is 6.61. The molecule has 0 spiro atoms. The summed E-state index contributed by atoms with van der Waals surface area (Å²) in [7, 11) is 0. The molecule has 170 valence electrons. The average molecular weight is 439 g/mol. The molecule has 0 saturated carbocycles. The number of aromatic nitrogens is 2.